The van der Waals surface area contributed by atoms with Crippen molar-refractivity contribution in [3.8, 4) is 0 Å². The van der Waals surface area contributed by atoms with Gasteiger partial charge < -0.3 is 0 Å². The van der Waals surface area contributed by atoms with Crippen molar-refractivity contribution in [2.75, 3.05) is 0 Å². The second-order valence-electron chi connectivity index (χ2n) is 3.92. The van der Waals surface area contributed by atoms with Gasteiger partial charge in [-0.05, 0) is 12.8 Å². The Morgan fingerprint density at radius 3 is 3.21 bits per heavy atom. The van der Waals surface area contributed by atoms with Crippen LogP contribution in [0.4, 0.5) is 0 Å². The molecule has 1 aliphatic rings. The quantitative estimate of drug-likeness (QED) is 0.718. The first-order chi connectivity index (χ1) is 6.83. The Hall–Kier alpha value is -0.640. The molecule has 1 atom stereocenters. The Balaban J connectivity index is 2.02. The van der Waals surface area contributed by atoms with Crippen molar-refractivity contribution >= 4 is 11.5 Å². The average molecular weight is 212 g/mol. The summed E-state index contributed by atoms with van der Waals surface area (Å²) in [6, 6.07) is 0.447. The number of nitrogens with zero attached hydrogens (tertiary/aromatic N) is 2. The van der Waals surface area contributed by atoms with Crippen LogP contribution in [0.3, 0.4) is 0 Å². The molecular formula is C10H16N2OS. The molecule has 3 nitrogen and oxygen atoms in total. The largest absolute Gasteiger partial charge is 0.326 e. The van der Waals surface area contributed by atoms with Crippen LogP contribution >= 0.6 is 11.5 Å². The molecule has 0 amide bonds. The van der Waals surface area contributed by atoms with Gasteiger partial charge in [-0.1, -0.05) is 26.2 Å². The highest BCUT2D eigenvalue weighted by Crippen LogP contribution is 2.27. The molecule has 0 aliphatic carbocycles. The van der Waals surface area contributed by atoms with Crippen LogP contribution in [0.25, 0.3) is 0 Å². The average Bonchev–Trinajstić information content (AvgIpc) is 2.72. The molecule has 2 heterocycles. The molecular weight excluding hydrogens is 196 g/mol. The van der Waals surface area contributed by atoms with Crippen molar-refractivity contribution in [3.63, 3.8) is 0 Å². The van der Waals surface area contributed by atoms with Gasteiger partial charge in [-0.25, -0.2) is 0 Å². The van der Waals surface area contributed by atoms with Gasteiger partial charge in [0.1, 0.15) is 5.82 Å². The fraction of sp³-hybridized carbons (Fsp3) is 0.800. The van der Waals surface area contributed by atoms with E-state index in [9.17, 15) is 4.79 Å². The molecule has 1 aromatic heterocycles. The summed E-state index contributed by atoms with van der Waals surface area (Å²) in [5, 5.41) is 0. The monoisotopic (exact) mass is 212 g/mol. The molecule has 0 spiro atoms. The highest BCUT2D eigenvalue weighted by atomic mass is 32.1. The molecule has 2 rings (SSSR count). The molecule has 0 N–H and O–H groups in total. The predicted molar refractivity (Wildman–Crippen MR) is 57.9 cm³/mol. The number of hydrogen-bond donors (Lipinski definition) is 0. The second-order valence-corrected chi connectivity index (χ2v) is 4.64. The van der Waals surface area contributed by atoms with Crippen LogP contribution in [-0.4, -0.2) is 8.94 Å². The van der Waals surface area contributed by atoms with Gasteiger partial charge in [-0.2, -0.15) is 4.37 Å². The van der Waals surface area contributed by atoms with E-state index in [0.29, 0.717) is 6.04 Å². The Morgan fingerprint density at radius 1 is 1.57 bits per heavy atom. The van der Waals surface area contributed by atoms with Crippen molar-refractivity contribution < 1.29 is 0 Å². The number of rotatable bonds is 4. The van der Waals surface area contributed by atoms with E-state index in [2.05, 4.69) is 11.3 Å². The molecule has 0 radical (unpaired) electrons. The molecule has 0 saturated heterocycles. The minimum atomic E-state index is 0.138. The molecule has 1 aliphatic heterocycles. The van der Waals surface area contributed by atoms with E-state index in [-0.39, 0.29) is 4.87 Å². The summed E-state index contributed by atoms with van der Waals surface area (Å²) in [4.78, 5) is 11.6. The fourth-order valence-electron chi connectivity index (χ4n) is 2.14. The van der Waals surface area contributed by atoms with Gasteiger partial charge in [0.2, 0.25) is 0 Å². The number of aromatic nitrogens is 2. The summed E-state index contributed by atoms with van der Waals surface area (Å²) in [6.07, 6.45) is 7.03. The number of unbranched alkanes of at least 4 members (excludes halogenated alkanes) is 2. The second kappa shape index (κ2) is 4.26. The van der Waals surface area contributed by atoms with E-state index in [4.69, 9.17) is 0 Å². The Bertz CT molecular complexity index is 355. The zero-order chi connectivity index (χ0) is 9.97. The third-order valence-corrected chi connectivity index (χ3v) is 3.57. The van der Waals surface area contributed by atoms with Crippen molar-refractivity contribution in [2.45, 2.75) is 51.5 Å². The summed E-state index contributed by atoms with van der Waals surface area (Å²) in [5.74, 6) is 1.02. The first-order valence-electron chi connectivity index (χ1n) is 5.40. The van der Waals surface area contributed by atoms with E-state index in [1.807, 2.05) is 4.57 Å². The minimum absolute atomic E-state index is 0.138. The van der Waals surface area contributed by atoms with E-state index < -0.39 is 0 Å². The lowest BCUT2D eigenvalue weighted by molar-refractivity contribution is 0.456. The molecule has 14 heavy (non-hydrogen) atoms. The van der Waals surface area contributed by atoms with E-state index in [1.165, 1.54) is 19.3 Å². The third-order valence-electron chi connectivity index (χ3n) is 2.91. The third kappa shape index (κ3) is 1.75. The molecule has 0 aromatic carbocycles. The molecule has 78 valence electrons. The zero-order valence-electron chi connectivity index (χ0n) is 8.53. The van der Waals surface area contributed by atoms with Crippen molar-refractivity contribution in [3.05, 3.63) is 15.5 Å². The maximum atomic E-state index is 11.5. The lowest BCUT2D eigenvalue weighted by atomic mass is 10.1. The first kappa shape index (κ1) is 9.90. The van der Waals surface area contributed by atoms with Gasteiger partial charge in [-0.15, -0.1) is 0 Å². The predicted octanol–water partition coefficient (Wildman–Crippen LogP) is 2.37. The highest BCUT2D eigenvalue weighted by Gasteiger charge is 2.24. The Labute approximate surface area is 87.9 Å². The van der Waals surface area contributed by atoms with Crippen LogP contribution in [0.5, 0.6) is 0 Å². The Morgan fingerprint density at radius 2 is 2.43 bits per heavy atom. The maximum Gasteiger partial charge on any atom is 0.326 e. The van der Waals surface area contributed by atoms with Crippen molar-refractivity contribution in [1.29, 1.82) is 0 Å². The SMILES string of the molecule is CCCCCC1CCc2nsc(=O)n21. The van der Waals surface area contributed by atoms with Gasteiger partial charge in [0.25, 0.3) is 0 Å². The molecule has 1 unspecified atom stereocenters. The molecule has 0 fully saturated rings. The van der Waals surface area contributed by atoms with Crippen molar-refractivity contribution in [1.82, 2.24) is 8.94 Å². The Kier molecular flexibility index (Phi) is 3.01. The zero-order valence-corrected chi connectivity index (χ0v) is 9.35. The number of fused-ring (bicyclic) bond motifs is 1. The van der Waals surface area contributed by atoms with Gasteiger partial charge >= 0.3 is 4.87 Å². The van der Waals surface area contributed by atoms with Crippen LogP contribution in [0.1, 0.15) is 50.9 Å². The van der Waals surface area contributed by atoms with Crippen LogP contribution in [-0.2, 0) is 6.42 Å². The first-order valence-corrected chi connectivity index (χ1v) is 6.17. The van der Waals surface area contributed by atoms with Gasteiger partial charge in [0, 0.05) is 24.0 Å². The molecule has 0 bridgehead atoms. The van der Waals surface area contributed by atoms with Crippen LogP contribution < -0.4 is 4.87 Å². The molecule has 4 heteroatoms. The topological polar surface area (TPSA) is 34.9 Å². The normalized spacial score (nSPS) is 19.9. The number of aryl methyl sites for hydroxylation is 1. The fourth-order valence-corrected chi connectivity index (χ4v) is 2.84. The van der Waals surface area contributed by atoms with Gasteiger partial charge in [0.15, 0.2) is 0 Å². The van der Waals surface area contributed by atoms with Crippen molar-refractivity contribution in [2.24, 2.45) is 0 Å². The standard InChI is InChI=1S/C10H16N2OS/c1-2-3-4-5-8-6-7-9-11-14-10(13)12(8)9/h8H,2-7H2,1H3. The van der Waals surface area contributed by atoms with Crippen LogP contribution in [0, 0.1) is 0 Å². The van der Waals surface area contributed by atoms with Crippen LogP contribution in [0.2, 0.25) is 0 Å². The van der Waals surface area contributed by atoms with Gasteiger partial charge in [0.05, 0.1) is 0 Å². The summed E-state index contributed by atoms with van der Waals surface area (Å²) < 4.78 is 6.08. The summed E-state index contributed by atoms with van der Waals surface area (Å²) >= 11 is 1.11. The summed E-state index contributed by atoms with van der Waals surface area (Å²) in [7, 11) is 0. The smallest absolute Gasteiger partial charge is 0.283 e. The highest BCUT2D eigenvalue weighted by molar-refractivity contribution is 7.02. The molecule has 0 saturated carbocycles. The number of hydrogen-bond acceptors (Lipinski definition) is 3. The maximum absolute atomic E-state index is 11.5. The van der Waals surface area contributed by atoms with E-state index >= 15 is 0 Å². The van der Waals surface area contributed by atoms with E-state index in [0.717, 1.165) is 36.6 Å². The van der Waals surface area contributed by atoms with Gasteiger partial charge in [-0.3, -0.25) is 9.36 Å². The lowest BCUT2D eigenvalue weighted by Gasteiger charge is -2.10. The molecule has 1 aromatic rings. The summed E-state index contributed by atoms with van der Waals surface area (Å²) in [5.41, 5.74) is 0. The lowest BCUT2D eigenvalue weighted by Crippen LogP contribution is -2.16. The van der Waals surface area contributed by atoms with E-state index in [1.54, 1.807) is 0 Å². The summed E-state index contributed by atoms with van der Waals surface area (Å²) in [6.45, 7) is 2.21. The van der Waals surface area contributed by atoms with Crippen LogP contribution in [0.15, 0.2) is 4.79 Å². The minimum Gasteiger partial charge on any atom is -0.283 e.